The molecule has 0 spiro atoms. The Morgan fingerprint density at radius 1 is 0.970 bits per heavy atom. The van der Waals surface area contributed by atoms with Crippen LogP contribution in [0.1, 0.15) is 35.1 Å². The summed E-state index contributed by atoms with van der Waals surface area (Å²) in [5.41, 5.74) is 3.59. The molecule has 7 heteroatoms. The zero-order chi connectivity index (χ0) is 23.0. The van der Waals surface area contributed by atoms with E-state index in [2.05, 4.69) is 22.2 Å². The summed E-state index contributed by atoms with van der Waals surface area (Å²) >= 11 is 0. The molecule has 0 saturated heterocycles. The maximum Gasteiger partial charge on any atom is 0.240 e. The predicted octanol–water partition coefficient (Wildman–Crippen LogP) is 4.45. The van der Waals surface area contributed by atoms with E-state index < -0.39 is 10.0 Å². The van der Waals surface area contributed by atoms with E-state index in [1.165, 1.54) is 6.07 Å². The monoisotopic (exact) mass is 462 g/mol. The molecule has 3 unspecified atom stereocenters. The number of rotatable bonds is 6. The third-order valence-corrected chi connectivity index (χ3v) is 8.00. The first-order valence-corrected chi connectivity index (χ1v) is 12.5. The van der Waals surface area contributed by atoms with E-state index in [4.69, 9.17) is 0 Å². The molecule has 5 rings (SSSR count). The van der Waals surface area contributed by atoms with Crippen molar-refractivity contribution in [3.8, 4) is 11.5 Å². The molecule has 4 N–H and O–H groups in total. The molecule has 1 heterocycles. The van der Waals surface area contributed by atoms with Crippen molar-refractivity contribution >= 4 is 15.7 Å². The van der Waals surface area contributed by atoms with E-state index in [0.29, 0.717) is 13.0 Å². The third kappa shape index (κ3) is 4.21. The molecule has 0 saturated carbocycles. The van der Waals surface area contributed by atoms with E-state index >= 15 is 0 Å². The number of phenolic OH excluding ortho intramolecular Hbond substituents is 2. The Labute approximate surface area is 193 Å². The summed E-state index contributed by atoms with van der Waals surface area (Å²) in [6, 6.07) is 19.5. The van der Waals surface area contributed by atoms with Crippen molar-refractivity contribution in [2.75, 3.05) is 11.9 Å². The Morgan fingerprint density at radius 3 is 2.58 bits per heavy atom. The summed E-state index contributed by atoms with van der Waals surface area (Å²) in [7, 11) is -3.64. The van der Waals surface area contributed by atoms with Crippen molar-refractivity contribution in [2.45, 2.75) is 29.7 Å². The first kappa shape index (κ1) is 21.6. The van der Waals surface area contributed by atoms with Gasteiger partial charge in [-0.05, 0) is 60.2 Å². The number of aromatic hydroxyl groups is 2. The molecule has 3 aromatic rings. The second kappa shape index (κ2) is 8.57. The molecule has 33 heavy (non-hydrogen) atoms. The van der Waals surface area contributed by atoms with Crippen molar-refractivity contribution in [2.24, 2.45) is 5.92 Å². The van der Waals surface area contributed by atoms with Crippen LogP contribution in [-0.4, -0.2) is 25.2 Å². The lowest BCUT2D eigenvalue weighted by Gasteiger charge is -2.38. The van der Waals surface area contributed by atoms with Gasteiger partial charge >= 0.3 is 0 Å². The first-order chi connectivity index (χ1) is 15.9. The summed E-state index contributed by atoms with van der Waals surface area (Å²) in [4.78, 5) is 0.251. The fourth-order valence-corrected chi connectivity index (χ4v) is 5.97. The van der Waals surface area contributed by atoms with Crippen molar-refractivity contribution in [3.05, 3.63) is 95.6 Å². The van der Waals surface area contributed by atoms with Crippen LogP contribution in [0.2, 0.25) is 0 Å². The normalized spacial score (nSPS) is 21.3. The summed E-state index contributed by atoms with van der Waals surface area (Å²) in [5, 5.41) is 23.6. The minimum Gasteiger partial charge on any atom is -0.508 e. The van der Waals surface area contributed by atoms with Crippen LogP contribution in [-0.2, 0) is 16.4 Å². The summed E-state index contributed by atoms with van der Waals surface area (Å²) < 4.78 is 28.6. The minimum atomic E-state index is -3.64. The molecular weight excluding hydrogens is 436 g/mol. The van der Waals surface area contributed by atoms with Crippen molar-refractivity contribution in [1.82, 2.24) is 4.72 Å². The molecule has 2 aliphatic rings. The van der Waals surface area contributed by atoms with E-state index in [0.717, 1.165) is 28.8 Å². The molecule has 0 fully saturated rings. The summed E-state index contributed by atoms with van der Waals surface area (Å²) in [6.45, 7) is 0.329. The highest BCUT2D eigenvalue weighted by molar-refractivity contribution is 7.89. The topological polar surface area (TPSA) is 98.7 Å². The van der Waals surface area contributed by atoms with Crippen LogP contribution in [0.15, 0.2) is 83.8 Å². The molecule has 3 aromatic carbocycles. The van der Waals surface area contributed by atoms with Gasteiger partial charge in [0.25, 0.3) is 0 Å². The van der Waals surface area contributed by atoms with Crippen LogP contribution in [0.25, 0.3) is 0 Å². The lowest BCUT2D eigenvalue weighted by atomic mass is 9.77. The first-order valence-electron chi connectivity index (χ1n) is 11.0. The van der Waals surface area contributed by atoms with Gasteiger partial charge in [0.15, 0.2) is 0 Å². The lowest BCUT2D eigenvalue weighted by molar-refractivity contribution is 0.398. The van der Waals surface area contributed by atoms with Crippen LogP contribution in [0, 0.1) is 5.92 Å². The number of allylic oxidation sites excluding steroid dienone is 2. The third-order valence-electron chi connectivity index (χ3n) is 6.54. The Balaban J connectivity index is 1.39. The molecule has 3 atom stereocenters. The molecule has 6 nitrogen and oxygen atoms in total. The molecule has 0 aromatic heterocycles. The van der Waals surface area contributed by atoms with E-state index in [1.54, 1.807) is 30.3 Å². The lowest BCUT2D eigenvalue weighted by Crippen LogP contribution is -2.30. The Bertz CT molecular complexity index is 1310. The van der Waals surface area contributed by atoms with E-state index in [-0.39, 0.29) is 34.3 Å². The number of nitrogens with one attached hydrogen (secondary N) is 2. The van der Waals surface area contributed by atoms with Crippen molar-refractivity contribution < 1.29 is 18.6 Å². The fraction of sp³-hybridized carbons (Fsp3) is 0.231. The molecule has 0 radical (unpaired) electrons. The van der Waals surface area contributed by atoms with Crippen LogP contribution in [0.4, 0.5) is 5.69 Å². The molecular formula is C26H26N2O4S. The predicted molar refractivity (Wildman–Crippen MR) is 128 cm³/mol. The molecule has 0 amide bonds. The molecule has 1 aliphatic carbocycles. The second-order valence-corrected chi connectivity index (χ2v) is 10.4. The van der Waals surface area contributed by atoms with Gasteiger partial charge in [0.2, 0.25) is 10.0 Å². The van der Waals surface area contributed by atoms with Crippen LogP contribution < -0.4 is 10.0 Å². The smallest absolute Gasteiger partial charge is 0.240 e. The van der Waals surface area contributed by atoms with Gasteiger partial charge in [-0.25, -0.2) is 13.1 Å². The highest BCUT2D eigenvalue weighted by atomic mass is 32.2. The number of sulfonamides is 1. The van der Waals surface area contributed by atoms with Crippen molar-refractivity contribution in [3.63, 3.8) is 0 Å². The van der Waals surface area contributed by atoms with Gasteiger partial charge in [0.1, 0.15) is 11.5 Å². The van der Waals surface area contributed by atoms with E-state index in [9.17, 15) is 18.6 Å². The highest BCUT2D eigenvalue weighted by Gasteiger charge is 2.39. The van der Waals surface area contributed by atoms with Gasteiger partial charge in [0, 0.05) is 29.8 Å². The van der Waals surface area contributed by atoms with E-state index in [1.807, 2.05) is 30.3 Å². The largest absolute Gasteiger partial charge is 0.508 e. The Hall–Kier alpha value is -3.29. The van der Waals surface area contributed by atoms with Gasteiger partial charge in [-0.15, -0.1) is 0 Å². The van der Waals surface area contributed by atoms with Gasteiger partial charge in [-0.3, -0.25) is 0 Å². The molecule has 170 valence electrons. The second-order valence-electron chi connectivity index (χ2n) is 8.60. The minimum absolute atomic E-state index is 0.0168. The molecule has 0 bridgehead atoms. The average molecular weight is 463 g/mol. The number of fused-ring (bicyclic) bond motifs is 3. The molecule has 1 aliphatic heterocycles. The summed E-state index contributed by atoms with van der Waals surface area (Å²) in [6.07, 6.45) is 5.66. The number of hydrogen-bond donors (Lipinski definition) is 4. The zero-order valence-electron chi connectivity index (χ0n) is 18.0. The van der Waals surface area contributed by atoms with Crippen LogP contribution in [0.5, 0.6) is 11.5 Å². The number of benzene rings is 3. The van der Waals surface area contributed by atoms with Crippen LogP contribution >= 0.6 is 0 Å². The van der Waals surface area contributed by atoms with Gasteiger partial charge in [-0.1, -0.05) is 42.5 Å². The zero-order valence-corrected chi connectivity index (χ0v) is 18.8. The fourth-order valence-electron chi connectivity index (χ4n) is 4.90. The van der Waals surface area contributed by atoms with Gasteiger partial charge < -0.3 is 15.5 Å². The van der Waals surface area contributed by atoms with Crippen LogP contribution in [0.3, 0.4) is 0 Å². The number of hydrogen-bond acceptors (Lipinski definition) is 5. The Kier molecular flexibility index (Phi) is 5.60. The number of phenols is 2. The maximum atomic E-state index is 13.0. The average Bonchev–Trinajstić information content (AvgIpc) is 3.29. The maximum absolute atomic E-state index is 13.0. The number of anilines is 1. The van der Waals surface area contributed by atoms with Crippen molar-refractivity contribution in [1.29, 1.82) is 0 Å². The quantitative estimate of drug-likeness (QED) is 0.406. The Morgan fingerprint density at radius 2 is 1.79 bits per heavy atom. The summed E-state index contributed by atoms with van der Waals surface area (Å²) in [5.74, 6) is 0.238. The highest BCUT2D eigenvalue weighted by Crippen LogP contribution is 2.51. The van der Waals surface area contributed by atoms with Gasteiger partial charge in [0.05, 0.1) is 10.9 Å². The standard InChI is InChI=1S/C26H26N2O4S/c29-18-9-11-22(25(30)15-18)26-21-8-4-7-20(21)23-16-19(10-12-24(23)28-26)33(31,32)27-14-13-17-5-2-1-3-6-17/h1-7,9-12,15-16,20-21,26-30H,8,13-14H2. The van der Waals surface area contributed by atoms with Gasteiger partial charge in [-0.2, -0.15) is 0 Å². The SMILES string of the molecule is O=S(=O)(NCCc1ccccc1)c1ccc2c(c1)C1C=CCC1C(c1ccc(O)cc1O)N2.